The third-order valence-electron chi connectivity index (χ3n) is 5.88. The number of thioether (sulfide) groups is 1. The van der Waals surface area contributed by atoms with Gasteiger partial charge in [0.25, 0.3) is 5.56 Å². The zero-order chi connectivity index (χ0) is 23.7. The molecule has 0 spiro atoms. The predicted molar refractivity (Wildman–Crippen MR) is 130 cm³/mol. The van der Waals surface area contributed by atoms with Gasteiger partial charge in [-0.05, 0) is 37.3 Å². The van der Waals surface area contributed by atoms with Crippen LogP contribution in [0.15, 0.2) is 50.9 Å². The average molecular weight is 479 g/mol. The molecule has 9 nitrogen and oxygen atoms in total. The molecule has 176 valence electrons. The first-order valence-corrected chi connectivity index (χ1v) is 12.5. The molecule has 0 radical (unpaired) electrons. The van der Waals surface area contributed by atoms with Gasteiger partial charge in [-0.25, -0.2) is 4.98 Å². The summed E-state index contributed by atoms with van der Waals surface area (Å²) in [6.45, 7) is 4.78. The fraction of sp³-hybridized carbons (Fsp3) is 0.375. The SMILES string of the molecule is CC(C)c1cc(NC(=O)CSc2nc3nn(-c4ccccc4)c(=O)c-3c3n2CCCCC3)on1. The van der Waals surface area contributed by atoms with Crippen LogP contribution in [0.5, 0.6) is 0 Å². The van der Waals surface area contributed by atoms with Crippen molar-refractivity contribution in [2.45, 2.75) is 57.1 Å². The van der Waals surface area contributed by atoms with Gasteiger partial charge in [0.05, 0.1) is 17.1 Å². The minimum Gasteiger partial charge on any atom is -0.338 e. The van der Waals surface area contributed by atoms with E-state index in [0.29, 0.717) is 28.1 Å². The van der Waals surface area contributed by atoms with E-state index in [1.54, 1.807) is 6.07 Å². The van der Waals surface area contributed by atoms with Crippen LogP contribution in [0.25, 0.3) is 17.1 Å². The molecule has 5 rings (SSSR count). The second-order valence-corrected chi connectivity index (χ2v) is 9.60. The van der Waals surface area contributed by atoms with Gasteiger partial charge in [0.1, 0.15) is 5.56 Å². The zero-order valence-corrected chi connectivity index (χ0v) is 20.0. The standard InChI is InChI=1S/C24H26N6O3S/c1-15(2)17-13-20(33-28-17)25-19(31)14-34-24-26-22-21(18-11-7-4-8-12-29(18)24)23(32)30(27-22)16-9-5-3-6-10-16/h3,5-6,9-10,13,15H,4,7-8,11-12,14H2,1-2H3,(H,25,31). The van der Waals surface area contributed by atoms with Gasteiger partial charge in [0.15, 0.2) is 11.0 Å². The number of rotatable bonds is 6. The molecule has 0 fully saturated rings. The van der Waals surface area contributed by atoms with Crippen LogP contribution in [0.3, 0.4) is 0 Å². The normalized spacial score (nSPS) is 13.7. The van der Waals surface area contributed by atoms with Gasteiger partial charge in [-0.1, -0.05) is 55.4 Å². The fourth-order valence-electron chi connectivity index (χ4n) is 4.13. The maximum atomic E-state index is 13.3. The number of fused-ring (bicyclic) bond motifs is 3. The first-order chi connectivity index (χ1) is 16.5. The van der Waals surface area contributed by atoms with Crippen LogP contribution in [0.2, 0.25) is 0 Å². The first kappa shape index (κ1) is 22.4. The Labute approximate surface area is 200 Å². The largest absolute Gasteiger partial charge is 0.338 e. The number of carbonyl (C=O) groups is 1. The molecule has 0 saturated heterocycles. The Hall–Kier alpha value is -3.40. The lowest BCUT2D eigenvalue weighted by Crippen LogP contribution is -2.20. The van der Waals surface area contributed by atoms with E-state index in [0.717, 1.165) is 43.6 Å². The van der Waals surface area contributed by atoms with E-state index in [1.807, 2.05) is 44.2 Å². The number of hydrogen-bond acceptors (Lipinski definition) is 7. The molecular weight excluding hydrogens is 452 g/mol. The van der Waals surface area contributed by atoms with Gasteiger partial charge in [0, 0.05) is 18.3 Å². The summed E-state index contributed by atoms with van der Waals surface area (Å²) in [6, 6.07) is 11.1. The van der Waals surface area contributed by atoms with Crippen LogP contribution in [-0.4, -0.2) is 36.1 Å². The summed E-state index contributed by atoms with van der Waals surface area (Å²) in [6.07, 6.45) is 3.87. The van der Waals surface area contributed by atoms with Crippen molar-refractivity contribution >= 4 is 23.6 Å². The maximum absolute atomic E-state index is 13.3. The smallest absolute Gasteiger partial charge is 0.284 e. The van der Waals surface area contributed by atoms with Crippen LogP contribution >= 0.6 is 11.8 Å². The lowest BCUT2D eigenvalue weighted by atomic mass is 10.1. The quantitative estimate of drug-likeness (QED) is 0.328. The fourth-order valence-corrected chi connectivity index (χ4v) is 4.97. The van der Waals surface area contributed by atoms with Crippen molar-refractivity contribution < 1.29 is 9.32 Å². The lowest BCUT2D eigenvalue weighted by Gasteiger charge is -2.17. The molecule has 0 atom stereocenters. The maximum Gasteiger partial charge on any atom is 0.284 e. The Morgan fingerprint density at radius 1 is 1.21 bits per heavy atom. The molecule has 4 heterocycles. The summed E-state index contributed by atoms with van der Waals surface area (Å²) in [5, 5.41) is 12.0. The summed E-state index contributed by atoms with van der Waals surface area (Å²) >= 11 is 1.34. The molecule has 34 heavy (non-hydrogen) atoms. The number of benzene rings is 1. The second-order valence-electron chi connectivity index (χ2n) is 8.66. The summed E-state index contributed by atoms with van der Waals surface area (Å²) < 4.78 is 8.72. The Bertz CT molecular complexity index is 1340. The summed E-state index contributed by atoms with van der Waals surface area (Å²) in [7, 11) is 0. The number of para-hydroxylation sites is 1. The van der Waals surface area contributed by atoms with Crippen LogP contribution in [0.1, 0.15) is 50.4 Å². The molecule has 3 aliphatic rings. The molecule has 1 aromatic carbocycles. The van der Waals surface area contributed by atoms with Crippen LogP contribution in [-0.2, 0) is 17.8 Å². The number of amides is 1. The second kappa shape index (κ2) is 9.46. The predicted octanol–water partition coefficient (Wildman–Crippen LogP) is 4.10. The molecule has 0 bridgehead atoms. The van der Waals surface area contributed by atoms with Crippen LogP contribution < -0.4 is 10.9 Å². The molecule has 3 aliphatic heterocycles. The van der Waals surface area contributed by atoms with Crippen LogP contribution in [0.4, 0.5) is 5.88 Å². The van der Waals surface area contributed by atoms with Crippen molar-refractivity contribution in [3.63, 3.8) is 0 Å². The number of carbonyl (C=O) groups excluding carboxylic acids is 1. The third-order valence-corrected chi connectivity index (χ3v) is 6.86. The van der Waals surface area contributed by atoms with E-state index < -0.39 is 0 Å². The highest BCUT2D eigenvalue weighted by molar-refractivity contribution is 7.99. The summed E-state index contributed by atoms with van der Waals surface area (Å²) in [5.74, 6) is 0.913. The van der Waals surface area contributed by atoms with Gasteiger partial charge < -0.3 is 9.09 Å². The van der Waals surface area contributed by atoms with E-state index in [4.69, 9.17) is 9.51 Å². The number of anilines is 1. The van der Waals surface area contributed by atoms with Gasteiger partial charge in [-0.2, -0.15) is 4.68 Å². The van der Waals surface area contributed by atoms with Crippen molar-refractivity contribution in [3.05, 3.63) is 58.1 Å². The number of nitrogens with one attached hydrogen (secondary N) is 1. The monoisotopic (exact) mass is 478 g/mol. The third kappa shape index (κ3) is 4.37. The highest BCUT2D eigenvalue weighted by atomic mass is 32.2. The van der Waals surface area contributed by atoms with Crippen molar-refractivity contribution in [1.82, 2.24) is 24.5 Å². The van der Waals surface area contributed by atoms with E-state index in [2.05, 4.69) is 20.1 Å². The van der Waals surface area contributed by atoms with Crippen molar-refractivity contribution in [2.24, 2.45) is 0 Å². The molecule has 2 aromatic rings. The molecule has 1 amide bonds. The summed E-state index contributed by atoms with van der Waals surface area (Å²) in [5.41, 5.74) is 2.87. The van der Waals surface area contributed by atoms with Crippen LogP contribution in [0, 0.1) is 0 Å². The molecule has 10 heteroatoms. The minimum atomic E-state index is -0.208. The Morgan fingerprint density at radius 3 is 2.79 bits per heavy atom. The number of nitrogens with zero attached hydrogens (tertiary/aromatic N) is 5. The molecule has 0 aliphatic carbocycles. The van der Waals surface area contributed by atoms with E-state index in [-0.39, 0.29) is 23.1 Å². The first-order valence-electron chi connectivity index (χ1n) is 11.5. The highest BCUT2D eigenvalue weighted by Gasteiger charge is 2.27. The van der Waals surface area contributed by atoms with Crippen molar-refractivity contribution in [1.29, 1.82) is 0 Å². The van der Waals surface area contributed by atoms with Crippen molar-refractivity contribution in [3.8, 4) is 17.1 Å². The van der Waals surface area contributed by atoms with Gasteiger partial charge in [-0.15, -0.1) is 5.10 Å². The molecular formula is C24H26N6O3S. The van der Waals surface area contributed by atoms with Gasteiger partial charge in [0.2, 0.25) is 11.8 Å². The average Bonchev–Trinajstić information content (AvgIpc) is 3.34. The number of hydrogen-bond donors (Lipinski definition) is 1. The zero-order valence-electron chi connectivity index (χ0n) is 19.2. The van der Waals surface area contributed by atoms with E-state index in [9.17, 15) is 9.59 Å². The summed E-state index contributed by atoms with van der Waals surface area (Å²) in [4.78, 5) is 30.6. The Morgan fingerprint density at radius 2 is 2.03 bits per heavy atom. The molecule has 0 saturated carbocycles. The highest BCUT2D eigenvalue weighted by Crippen LogP contribution is 2.30. The molecule has 1 aromatic heterocycles. The minimum absolute atomic E-state index is 0.152. The van der Waals surface area contributed by atoms with E-state index in [1.165, 1.54) is 16.4 Å². The topological polar surface area (TPSA) is 108 Å². The van der Waals surface area contributed by atoms with Gasteiger partial charge in [-0.3, -0.25) is 14.9 Å². The Balaban J connectivity index is 1.45. The molecule has 1 N–H and O–H groups in total. The van der Waals surface area contributed by atoms with E-state index >= 15 is 0 Å². The Kier molecular flexibility index (Phi) is 6.23. The number of aromatic nitrogens is 5. The van der Waals surface area contributed by atoms with Crippen molar-refractivity contribution in [2.75, 3.05) is 11.1 Å². The lowest BCUT2D eigenvalue weighted by molar-refractivity contribution is -0.113. The van der Waals surface area contributed by atoms with Gasteiger partial charge >= 0.3 is 0 Å². The molecule has 0 unspecified atom stereocenters.